The zero-order valence-electron chi connectivity index (χ0n) is 14.3. The molecule has 130 valence electrons. The first kappa shape index (κ1) is 17.2. The summed E-state index contributed by atoms with van der Waals surface area (Å²) in [6.45, 7) is 2.83. The second-order valence-corrected chi connectivity index (χ2v) is 6.49. The number of hydrogen-bond donors (Lipinski definition) is 0. The van der Waals surface area contributed by atoms with Gasteiger partial charge in [-0.2, -0.15) is 4.99 Å². The summed E-state index contributed by atoms with van der Waals surface area (Å²) in [7, 11) is 1.64. The maximum Gasteiger partial charge on any atom is 0.286 e. The minimum atomic E-state index is -0.299. The van der Waals surface area contributed by atoms with Crippen LogP contribution >= 0.6 is 11.3 Å². The molecule has 1 amide bonds. The van der Waals surface area contributed by atoms with Crippen molar-refractivity contribution in [2.24, 2.45) is 4.99 Å². The molecule has 5 nitrogen and oxygen atoms in total. The Kier molecular flexibility index (Phi) is 5.50. The third-order valence-electron chi connectivity index (χ3n) is 3.66. The number of ether oxygens (including phenoxy) is 2. The van der Waals surface area contributed by atoms with Crippen LogP contribution in [0.1, 0.15) is 13.3 Å². The first-order valence-corrected chi connectivity index (χ1v) is 8.95. The van der Waals surface area contributed by atoms with Gasteiger partial charge >= 0.3 is 0 Å². The smallest absolute Gasteiger partial charge is 0.286 e. The normalized spacial score (nSPS) is 11.7. The van der Waals surface area contributed by atoms with Crippen LogP contribution < -0.4 is 14.3 Å². The number of benzene rings is 2. The van der Waals surface area contributed by atoms with Crippen LogP contribution in [0.15, 0.2) is 53.5 Å². The molecular weight excluding hydrogens is 336 g/mol. The third kappa shape index (κ3) is 4.09. The lowest BCUT2D eigenvalue weighted by molar-refractivity contribution is -0.120. The van der Waals surface area contributed by atoms with Crippen LogP contribution in [-0.2, 0) is 11.3 Å². The van der Waals surface area contributed by atoms with E-state index in [0.717, 1.165) is 28.9 Å². The van der Waals surface area contributed by atoms with Crippen molar-refractivity contribution in [3.05, 3.63) is 53.3 Å². The van der Waals surface area contributed by atoms with Crippen LogP contribution in [0.25, 0.3) is 10.2 Å². The highest BCUT2D eigenvalue weighted by Crippen LogP contribution is 2.23. The maximum absolute atomic E-state index is 12.2. The highest BCUT2D eigenvalue weighted by Gasteiger charge is 2.09. The number of hydrogen-bond acceptors (Lipinski definition) is 4. The van der Waals surface area contributed by atoms with Gasteiger partial charge in [0.05, 0.1) is 17.3 Å². The molecule has 0 N–H and O–H groups in total. The molecular formula is C19H20N2O3S. The lowest BCUT2D eigenvalue weighted by atomic mass is 10.3. The minimum Gasteiger partial charge on any atom is -0.497 e. The standard InChI is InChI=1S/C19H20N2O3S/c1-3-11-21-16-10-9-15(23-2)12-17(16)25-19(21)20-18(22)13-24-14-7-5-4-6-8-14/h4-10,12H,3,11,13H2,1-2H3. The van der Waals surface area contributed by atoms with Crippen LogP contribution in [0.3, 0.4) is 0 Å². The lowest BCUT2D eigenvalue weighted by Gasteiger charge is -2.04. The average molecular weight is 356 g/mol. The second-order valence-electron chi connectivity index (χ2n) is 5.48. The Balaban J connectivity index is 1.88. The van der Waals surface area contributed by atoms with E-state index in [0.29, 0.717) is 10.6 Å². The summed E-state index contributed by atoms with van der Waals surface area (Å²) in [5, 5.41) is 0. The van der Waals surface area contributed by atoms with Gasteiger partial charge < -0.3 is 14.0 Å². The minimum absolute atomic E-state index is 0.0757. The van der Waals surface area contributed by atoms with Gasteiger partial charge in [-0.05, 0) is 36.8 Å². The summed E-state index contributed by atoms with van der Waals surface area (Å²) >= 11 is 1.48. The van der Waals surface area contributed by atoms with E-state index in [9.17, 15) is 4.79 Å². The van der Waals surface area contributed by atoms with Gasteiger partial charge in [-0.15, -0.1) is 0 Å². The monoisotopic (exact) mass is 356 g/mol. The van der Waals surface area contributed by atoms with E-state index in [1.165, 1.54) is 11.3 Å². The van der Waals surface area contributed by atoms with E-state index >= 15 is 0 Å². The number of aromatic nitrogens is 1. The number of carbonyl (C=O) groups excluding carboxylic acids is 1. The number of methoxy groups -OCH3 is 1. The average Bonchev–Trinajstić information content (AvgIpc) is 2.97. The van der Waals surface area contributed by atoms with E-state index in [1.807, 2.05) is 48.5 Å². The van der Waals surface area contributed by atoms with Crippen molar-refractivity contribution in [1.29, 1.82) is 0 Å². The summed E-state index contributed by atoms with van der Waals surface area (Å²) in [5.41, 5.74) is 1.06. The molecule has 0 unspecified atom stereocenters. The van der Waals surface area contributed by atoms with Crippen molar-refractivity contribution in [2.75, 3.05) is 13.7 Å². The molecule has 25 heavy (non-hydrogen) atoms. The van der Waals surface area contributed by atoms with Crippen LogP contribution in [0.4, 0.5) is 0 Å². The second kappa shape index (κ2) is 7.98. The molecule has 3 aromatic rings. The molecule has 1 aromatic heterocycles. The molecule has 1 heterocycles. The van der Waals surface area contributed by atoms with E-state index in [1.54, 1.807) is 7.11 Å². The van der Waals surface area contributed by atoms with Gasteiger partial charge in [0, 0.05) is 6.54 Å². The predicted octanol–water partition coefficient (Wildman–Crippen LogP) is 3.63. The van der Waals surface area contributed by atoms with Crippen molar-refractivity contribution in [1.82, 2.24) is 4.57 Å². The van der Waals surface area contributed by atoms with E-state index in [4.69, 9.17) is 9.47 Å². The number of fused-ring (bicyclic) bond motifs is 1. The van der Waals surface area contributed by atoms with Crippen molar-refractivity contribution in [2.45, 2.75) is 19.9 Å². The van der Waals surface area contributed by atoms with E-state index in [-0.39, 0.29) is 12.5 Å². The Morgan fingerprint density at radius 1 is 1.16 bits per heavy atom. The quantitative estimate of drug-likeness (QED) is 0.678. The lowest BCUT2D eigenvalue weighted by Crippen LogP contribution is -2.19. The molecule has 0 saturated heterocycles. The fourth-order valence-electron chi connectivity index (χ4n) is 2.51. The fraction of sp³-hybridized carbons (Fsp3) is 0.263. The van der Waals surface area contributed by atoms with Gasteiger partial charge in [-0.25, -0.2) is 0 Å². The summed E-state index contributed by atoms with van der Waals surface area (Å²) < 4.78 is 13.9. The highest BCUT2D eigenvalue weighted by atomic mass is 32.1. The molecule has 0 bridgehead atoms. The Morgan fingerprint density at radius 3 is 2.68 bits per heavy atom. The van der Waals surface area contributed by atoms with Crippen molar-refractivity contribution >= 4 is 27.5 Å². The molecule has 0 radical (unpaired) electrons. The molecule has 2 aromatic carbocycles. The Labute approximate surface area is 150 Å². The van der Waals surface area contributed by atoms with Gasteiger partial charge in [0.1, 0.15) is 11.5 Å². The molecule has 0 aliphatic carbocycles. The molecule has 6 heteroatoms. The number of carbonyl (C=O) groups is 1. The number of aryl methyl sites for hydroxylation is 1. The van der Waals surface area contributed by atoms with Gasteiger partial charge in [-0.1, -0.05) is 36.5 Å². The Morgan fingerprint density at radius 2 is 1.96 bits per heavy atom. The molecule has 0 spiro atoms. The van der Waals surface area contributed by atoms with Gasteiger partial charge in [-0.3, -0.25) is 4.79 Å². The topological polar surface area (TPSA) is 52.8 Å². The van der Waals surface area contributed by atoms with Crippen molar-refractivity contribution < 1.29 is 14.3 Å². The van der Waals surface area contributed by atoms with E-state index in [2.05, 4.69) is 16.5 Å². The maximum atomic E-state index is 12.2. The van der Waals surface area contributed by atoms with Crippen molar-refractivity contribution in [3.63, 3.8) is 0 Å². The first-order chi connectivity index (χ1) is 12.2. The van der Waals surface area contributed by atoms with Gasteiger partial charge in [0.15, 0.2) is 11.4 Å². The van der Waals surface area contributed by atoms with Crippen LogP contribution in [0.2, 0.25) is 0 Å². The van der Waals surface area contributed by atoms with Gasteiger partial charge in [0.25, 0.3) is 5.91 Å². The third-order valence-corrected chi connectivity index (χ3v) is 4.70. The van der Waals surface area contributed by atoms with Crippen LogP contribution in [-0.4, -0.2) is 24.2 Å². The Hall–Kier alpha value is -2.60. The number of amides is 1. The van der Waals surface area contributed by atoms with E-state index < -0.39 is 0 Å². The number of rotatable bonds is 6. The Bertz CT molecular complexity index is 929. The molecule has 3 rings (SSSR count). The number of para-hydroxylation sites is 1. The highest BCUT2D eigenvalue weighted by molar-refractivity contribution is 7.16. The van der Waals surface area contributed by atoms with Crippen LogP contribution in [0, 0.1) is 0 Å². The summed E-state index contributed by atoms with van der Waals surface area (Å²) in [6.07, 6.45) is 0.958. The summed E-state index contributed by atoms with van der Waals surface area (Å²) in [4.78, 5) is 17.2. The van der Waals surface area contributed by atoms with Crippen LogP contribution in [0.5, 0.6) is 11.5 Å². The summed E-state index contributed by atoms with van der Waals surface area (Å²) in [5.74, 6) is 1.16. The summed E-state index contributed by atoms with van der Waals surface area (Å²) in [6, 6.07) is 15.2. The number of thiazole rings is 1. The first-order valence-electron chi connectivity index (χ1n) is 8.14. The predicted molar refractivity (Wildman–Crippen MR) is 99.2 cm³/mol. The fourth-order valence-corrected chi connectivity index (χ4v) is 3.61. The molecule has 0 aliphatic rings. The molecule has 0 atom stereocenters. The zero-order chi connectivity index (χ0) is 17.6. The SMILES string of the molecule is CCCn1c(=NC(=O)COc2ccccc2)sc2cc(OC)ccc21. The molecule has 0 saturated carbocycles. The molecule has 0 aliphatic heterocycles. The van der Waals surface area contributed by atoms with Crippen molar-refractivity contribution in [3.8, 4) is 11.5 Å². The van der Waals surface area contributed by atoms with Gasteiger partial charge in [0.2, 0.25) is 0 Å². The number of nitrogens with zero attached hydrogens (tertiary/aromatic N) is 2. The largest absolute Gasteiger partial charge is 0.497 e. The molecule has 0 fully saturated rings. The zero-order valence-corrected chi connectivity index (χ0v) is 15.1.